The minimum absolute atomic E-state index is 0.351. The van der Waals surface area contributed by atoms with Crippen LogP contribution in [0.5, 0.6) is 0 Å². The van der Waals surface area contributed by atoms with Crippen LogP contribution in [0.3, 0.4) is 0 Å². The monoisotopic (exact) mass is 267 g/mol. The van der Waals surface area contributed by atoms with Gasteiger partial charge in [0, 0.05) is 39.6 Å². The minimum atomic E-state index is -0.669. The Balaban J connectivity index is 1.95. The lowest BCUT2D eigenvalue weighted by Crippen LogP contribution is -2.33. The van der Waals surface area contributed by atoms with Gasteiger partial charge in [-0.1, -0.05) is 13.3 Å². The third-order valence-corrected chi connectivity index (χ3v) is 5.18. The molecule has 1 saturated carbocycles. The zero-order chi connectivity index (χ0) is 13.0. The Bertz CT molecular complexity index is 424. The topological polar surface area (TPSA) is 54.9 Å². The molecule has 2 rings (SSSR count). The van der Waals surface area contributed by atoms with E-state index in [1.807, 2.05) is 19.9 Å². The molecule has 0 saturated heterocycles. The van der Waals surface area contributed by atoms with Crippen molar-refractivity contribution in [2.24, 2.45) is 0 Å². The predicted molar refractivity (Wildman–Crippen MR) is 75.1 cm³/mol. The van der Waals surface area contributed by atoms with Crippen LogP contribution in [0, 0.1) is 6.92 Å². The number of nitrogens with one attached hydrogen (secondary N) is 1. The predicted octanol–water partition coefficient (Wildman–Crippen LogP) is 2.28. The molecule has 0 bridgehead atoms. The summed E-state index contributed by atoms with van der Waals surface area (Å²) in [5, 5.41) is 3.80. The van der Waals surface area contributed by atoms with E-state index in [4.69, 9.17) is 0 Å². The summed E-state index contributed by atoms with van der Waals surface area (Å²) in [6.45, 7) is 3.96. The fourth-order valence-corrected chi connectivity index (χ4v) is 3.84. The molecule has 4 nitrogen and oxygen atoms in total. The van der Waals surface area contributed by atoms with Crippen LogP contribution in [-0.4, -0.2) is 31.2 Å². The lowest BCUT2D eigenvalue weighted by atomic mass is 9.95. The molecule has 100 valence electrons. The maximum Gasteiger partial charge on any atom is 0.129 e. The number of hydrogen-bond donors (Lipinski definition) is 1. The third-order valence-electron chi connectivity index (χ3n) is 3.44. The van der Waals surface area contributed by atoms with Crippen molar-refractivity contribution in [3.05, 3.63) is 18.1 Å². The maximum atomic E-state index is 11.9. The van der Waals surface area contributed by atoms with E-state index in [1.165, 1.54) is 0 Å². The zero-order valence-electron chi connectivity index (χ0n) is 11.1. The molecule has 1 N–H and O–H groups in total. The molecule has 1 aliphatic rings. The molecule has 1 aromatic rings. The molecule has 1 fully saturated rings. The highest BCUT2D eigenvalue weighted by Crippen LogP contribution is 2.25. The van der Waals surface area contributed by atoms with Crippen molar-refractivity contribution >= 4 is 16.6 Å². The largest absolute Gasteiger partial charge is 0.367 e. The fourth-order valence-electron chi connectivity index (χ4n) is 2.49. The van der Waals surface area contributed by atoms with Crippen molar-refractivity contribution in [1.82, 2.24) is 9.97 Å². The molecule has 3 unspecified atom stereocenters. The SMILES string of the molecule is CCS(=O)C1CCCC(Nc2cc(C)ncn2)C1. The van der Waals surface area contributed by atoms with Gasteiger partial charge in [0.25, 0.3) is 0 Å². The summed E-state index contributed by atoms with van der Waals surface area (Å²) in [6, 6.07) is 2.36. The average molecular weight is 267 g/mol. The van der Waals surface area contributed by atoms with Crippen LogP contribution in [-0.2, 0) is 10.8 Å². The number of rotatable bonds is 4. The van der Waals surface area contributed by atoms with Crippen LogP contribution < -0.4 is 5.32 Å². The van der Waals surface area contributed by atoms with E-state index in [0.717, 1.165) is 42.9 Å². The highest BCUT2D eigenvalue weighted by atomic mass is 32.2. The fraction of sp³-hybridized carbons (Fsp3) is 0.692. The summed E-state index contributed by atoms with van der Waals surface area (Å²) >= 11 is 0. The molecule has 0 aromatic carbocycles. The summed E-state index contributed by atoms with van der Waals surface area (Å²) in [6.07, 6.45) is 5.96. The Labute approximate surface area is 111 Å². The summed E-state index contributed by atoms with van der Waals surface area (Å²) in [5.74, 6) is 1.65. The zero-order valence-corrected chi connectivity index (χ0v) is 11.9. The Hall–Kier alpha value is -0.970. The Kier molecular flexibility index (Phi) is 4.69. The third kappa shape index (κ3) is 3.51. The second-order valence-electron chi connectivity index (χ2n) is 4.84. The number of hydrogen-bond acceptors (Lipinski definition) is 4. The van der Waals surface area contributed by atoms with Crippen molar-refractivity contribution in [3.63, 3.8) is 0 Å². The number of aryl methyl sites for hydroxylation is 1. The van der Waals surface area contributed by atoms with E-state index in [9.17, 15) is 4.21 Å². The van der Waals surface area contributed by atoms with Gasteiger partial charge in [-0.3, -0.25) is 4.21 Å². The molecule has 5 heteroatoms. The molecular formula is C13H21N3OS. The first-order chi connectivity index (χ1) is 8.69. The van der Waals surface area contributed by atoms with Crippen LogP contribution in [0.15, 0.2) is 12.4 Å². The quantitative estimate of drug-likeness (QED) is 0.909. The van der Waals surface area contributed by atoms with Crippen LogP contribution in [0.2, 0.25) is 0 Å². The van der Waals surface area contributed by atoms with Crippen LogP contribution in [0.4, 0.5) is 5.82 Å². The Morgan fingerprint density at radius 1 is 1.44 bits per heavy atom. The van der Waals surface area contributed by atoms with Crippen LogP contribution in [0.1, 0.15) is 38.3 Å². The van der Waals surface area contributed by atoms with E-state index in [1.54, 1.807) is 6.33 Å². The second kappa shape index (κ2) is 6.27. The molecule has 1 aromatic heterocycles. The summed E-state index contributed by atoms with van der Waals surface area (Å²) in [7, 11) is -0.669. The molecule has 0 spiro atoms. The van der Waals surface area contributed by atoms with Gasteiger partial charge >= 0.3 is 0 Å². The average Bonchev–Trinajstić information content (AvgIpc) is 2.38. The first-order valence-electron chi connectivity index (χ1n) is 6.61. The van der Waals surface area contributed by atoms with Crippen molar-refractivity contribution in [1.29, 1.82) is 0 Å². The van der Waals surface area contributed by atoms with E-state index >= 15 is 0 Å². The van der Waals surface area contributed by atoms with Crippen molar-refractivity contribution in [3.8, 4) is 0 Å². The van der Waals surface area contributed by atoms with Crippen LogP contribution in [0.25, 0.3) is 0 Å². The number of nitrogens with zero attached hydrogens (tertiary/aromatic N) is 2. The summed E-state index contributed by atoms with van der Waals surface area (Å²) in [4.78, 5) is 8.32. The molecular weight excluding hydrogens is 246 g/mol. The molecule has 0 aliphatic heterocycles. The molecule has 18 heavy (non-hydrogen) atoms. The van der Waals surface area contributed by atoms with Gasteiger partial charge < -0.3 is 5.32 Å². The van der Waals surface area contributed by atoms with E-state index in [2.05, 4.69) is 15.3 Å². The lowest BCUT2D eigenvalue weighted by Gasteiger charge is -2.29. The lowest BCUT2D eigenvalue weighted by molar-refractivity contribution is 0.464. The van der Waals surface area contributed by atoms with E-state index < -0.39 is 10.8 Å². The normalized spacial score (nSPS) is 25.7. The molecule has 1 heterocycles. The minimum Gasteiger partial charge on any atom is -0.367 e. The Morgan fingerprint density at radius 2 is 2.28 bits per heavy atom. The molecule has 0 radical (unpaired) electrons. The number of anilines is 1. The summed E-state index contributed by atoms with van der Waals surface area (Å²) in [5.41, 5.74) is 0.969. The first-order valence-corrected chi connectivity index (χ1v) is 7.99. The Morgan fingerprint density at radius 3 is 3.00 bits per heavy atom. The van der Waals surface area contributed by atoms with E-state index in [0.29, 0.717) is 11.3 Å². The van der Waals surface area contributed by atoms with Crippen molar-refractivity contribution < 1.29 is 4.21 Å². The second-order valence-corrected chi connectivity index (χ2v) is 6.85. The van der Waals surface area contributed by atoms with Gasteiger partial charge in [-0.2, -0.15) is 0 Å². The standard InChI is InChI=1S/C13H21N3OS/c1-3-18(17)12-6-4-5-11(8-12)16-13-7-10(2)14-9-15-13/h7,9,11-12H,3-6,8H2,1-2H3,(H,14,15,16). The highest BCUT2D eigenvalue weighted by Gasteiger charge is 2.25. The van der Waals surface area contributed by atoms with Gasteiger partial charge in [0.05, 0.1) is 0 Å². The molecule has 0 amide bonds. The van der Waals surface area contributed by atoms with Gasteiger partial charge in [0.2, 0.25) is 0 Å². The van der Waals surface area contributed by atoms with Crippen molar-refractivity contribution in [2.75, 3.05) is 11.1 Å². The molecule has 1 aliphatic carbocycles. The van der Waals surface area contributed by atoms with Gasteiger partial charge in [-0.05, 0) is 26.2 Å². The van der Waals surface area contributed by atoms with Gasteiger partial charge in [0.15, 0.2) is 0 Å². The molecule has 3 atom stereocenters. The maximum absolute atomic E-state index is 11.9. The first kappa shape index (κ1) is 13.5. The highest BCUT2D eigenvalue weighted by molar-refractivity contribution is 7.85. The summed E-state index contributed by atoms with van der Waals surface area (Å²) < 4.78 is 11.9. The van der Waals surface area contributed by atoms with Crippen LogP contribution >= 0.6 is 0 Å². The smallest absolute Gasteiger partial charge is 0.129 e. The van der Waals surface area contributed by atoms with Gasteiger partial charge in [-0.15, -0.1) is 0 Å². The van der Waals surface area contributed by atoms with E-state index in [-0.39, 0.29) is 0 Å². The van der Waals surface area contributed by atoms with Crippen molar-refractivity contribution in [2.45, 2.75) is 50.8 Å². The number of aromatic nitrogens is 2. The van der Waals surface area contributed by atoms with Gasteiger partial charge in [-0.25, -0.2) is 9.97 Å². The van der Waals surface area contributed by atoms with Gasteiger partial charge in [0.1, 0.15) is 12.1 Å².